The predicted molar refractivity (Wildman–Crippen MR) is 68.2 cm³/mol. The van der Waals surface area contributed by atoms with E-state index in [1.165, 1.54) is 0 Å². The summed E-state index contributed by atoms with van der Waals surface area (Å²) in [5.41, 5.74) is 0.969. The molecule has 3 rings (SSSR count). The number of benzene rings is 1. The van der Waals surface area contributed by atoms with Crippen molar-refractivity contribution in [3.63, 3.8) is 0 Å². The van der Waals surface area contributed by atoms with Gasteiger partial charge < -0.3 is 10.4 Å². The third-order valence-corrected chi connectivity index (χ3v) is 4.46. The second-order valence-corrected chi connectivity index (χ2v) is 5.43. The molecule has 0 fully saturated rings. The molecular weight excluding hydrogens is 234 g/mol. The maximum absolute atomic E-state index is 11.7. The zero-order valence-corrected chi connectivity index (χ0v) is 10.3. The van der Waals surface area contributed by atoms with E-state index in [-0.39, 0.29) is 11.8 Å². The fraction of sp³-hybridized carbons (Fsp3) is 0.308. The number of hydrogen-bond donors (Lipinski definition) is 2. The van der Waals surface area contributed by atoms with Crippen LogP contribution in [-0.2, 0) is 4.79 Å². The average Bonchev–Trinajstić information content (AvgIpc) is 2.69. The lowest BCUT2D eigenvalue weighted by Gasteiger charge is -2.26. The van der Waals surface area contributed by atoms with Crippen LogP contribution in [0.1, 0.15) is 29.5 Å². The molecule has 0 bridgehead atoms. The van der Waals surface area contributed by atoms with Crippen LogP contribution in [0.25, 0.3) is 10.1 Å². The highest BCUT2D eigenvalue weighted by atomic mass is 32.1. The van der Waals surface area contributed by atoms with Crippen LogP contribution in [-0.4, -0.2) is 17.4 Å². The average molecular weight is 247 g/mol. The number of thiophene rings is 1. The van der Waals surface area contributed by atoms with E-state index in [0.29, 0.717) is 6.54 Å². The molecule has 0 aliphatic carbocycles. The summed E-state index contributed by atoms with van der Waals surface area (Å²) in [5.74, 6) is 0.0988. The van der Waals surface area contributed by atoms with Crippen molar-refractivity contribution in [1.82, 2.24) is 5.32 Å². The highest BCUT2D eigenvalue weighted by molar-refractivity contribution is 7.19. The van der Waals surface area contributed by atoms with Crippen molar-refractivity contribution < 1.29 is 9.90 Å². The van der Waals surface area contributed by atoms with Crippen molar-refractivity contribution in [2.75, 3.05) is 6.54 Å². The molecule has 2 N–H and O–H groups in total. The van der Waals surface area contributed by atoms with Gasteiger partial charge in [0.05, 0.1) is 6.04 Å². The predicted octanol–water partition coefficient (Wildman–Crippen LogP) is 2.17. The number of nitrogens with one attached hydrogen (secondary N) is 1. The maximum atomic E-state index is 11.7. The Kier molecular flexibility index (Phi) is 2.50. The molecule has 88 valence electrons. The van der Waals surface area contributed by atoms with E-state index in [4.69, 9.17) is 0 Å². The third kappa shape index (κ3) is 1.60. The molecule has 2 aromatic rings. The molecule has 0 radical (unpaired) electrons. The van der Waals surface area contributed by atoms with Gasteiger partial charge in [0.15, 0.2) is 5.78 Å². The third-order valence-electron chi connectivity index (χ3n) is 3.18. The first-order valence-corrected chi connectivity index (χ1v) is 6.43. The Bertz CT molecular complexity index is 590. The van der Waals surface area contributed by atoms with Gasteiger partial charge in [0.1, 0.15) is 6.10 Å². The molecule has 17 heavy (non-hydrogen) atoms. The molecule has 2 heterocycles. The molecule has 4 heteroatoms. The summed E-state index contributed by atoms with van der Waals surface area (Å²) in [6.07, 6.45) is -0.502. The second-order valence-electron chi connectivity index (χ2n) is 4.34. The fourth-order valence-corrected chi connectivity index (χ4v) is 3.63. The molecule has 3 nitrogen and oxygen atoms in total. The van der Waals surface area contributed by atoms with Crippen LogP contribution in [0, 0.1) is 0 Å². The zero-order chi connectivity index (χ0) is 12.0. The van der Waals surface area contributed by atoms with Crippen molar-refractivity contribution in [2.45, 2.75) is 19.1 Å². The van der Waals surface area contributed by atoms with Crippen molar-refractivity contribution >= 4 is 27.2 Å². The van der Waals surface area contributed by atoms with Gasteiger partial charge in [-0.15, -0.1) is 11.3 Å². The maximum Gasteiger partial charge on any atom is 0.151 e. The number of carbonyl (C=O) groups is 1. The Morgan fingerprint density at radius 3 is 3.00 bits per heavy atom. The van der Waals surface area contributed by atoms with Crippen LogP contribution in [0.5, 0.6) is 0 Å². The Hall–Kier alpha value is -1.23. The minimum absolute atomic E-state index is 0.0988. The minimum atomic E-state index is -0.502. The van der Waals surface area contributed by atoms with Crippen LogP contribution < -0.4 is 5.32 Å². The number of hydrogen-bond acceptors (Lipinski definition) is 4. The number of Topliss-reactive ketones (excluding diaryl/α,β-unsaturated/α-hetero) is 1. The highest BCUT2D eigenvalue weighted by Gasteiger charge is 2.31. The number of carbonyl (C=O) groups excluding carboxylic acids is 1. The molecule has 1 aromatic heterocycles. The summed E-state index contributed by atoms with van der Waals surface area (Å²) >= 11 is 1.59. The Labute approximate surface area is 103 Å². The van der Waals surface area contributed by atoms with Gasteiger partial charge in [-0.2, -0.15) is 0 Å². The van der Waals surface area contributed by atoms with Crippen LogP contribution in [0.2, 0.25) is 0 Å². The molecule has 1 aromatic carbocycles. The van der Waals surface area contributed by atoms with Gasteiger partial charge in [-0.25, -0.2) is 0 Å². The molecule has 0 saturated heterocycles. The Morgan fingerprint density at radius 2 is 2.24 bits per heavy atom. The van der Waals surface area contributed by atoms with Crippen molar-refractivity contribution in [3.8, 4) is 0 Å². The lowest BCUT2D eigenvalue weighted by molar-refractivity contribution is -0.119. The van der Waals surface area contributed by atoms with E-state index in [2.05, 4.69) is 5.32 Å². The van der Waals surface area contributed by atoms with Crippen molar-refractivity contribution in [3.05, 3.63) is 34.7 Å². The van der Waals surface area contributed by atoms with Gasteiger partial charge in [-0.1, -0.05) is 18.2 Å². The second kappa shape index (κ2) is 3.91. The molecular formula is C13H13NO2S. The van der Waals surface area contributed by atoms with E-state index in [0.717, 1.165) is 20.5 Å². The Balaban J connectivity index is 2.30. The number of aliphatic hydroxyl groups is 1. The number of ketones is 1. The van der Waals surface area contributed by atoms with Crippen molar-refractivity contribution in [1.29, 1.82) is 0 Å². The molecule has 2 atom stereocenters. The zero-order valence-electron chi connectivity index (χ0n) is 9.43. The van der Waals surface area contributed by atoms with Crippen LogP contribution in [0.15, 0.2) is 24.3 Å². The van der Waals surface area contributed by atoms with Gasteiger partial charge in [0.2, 0.25) is 0 Å². The SMILES string of the molecule is CC(=O)C1NCC(O)c2sc3ccccc3c21. The first kappa shape index (κ1) is 10.9. The largest absolute Gasteiger partial charge is 0.386 e. The van der Waals surface area contributed by atoms with Gasteiger partial charge in [-0.3, -0.25) is 4.79 Å². The van der Waals surface area contributed by atoms with E-state index < -0.39 is 6.10 Å². The lowest BCUT2D eigenvalue weighted by Crippen LogP contribution is -2.35. The standard InChI is InChI=1S/C13H13NO2S/c1-7(15)12-11-8-4-2-3-5-10(8)17-13(11)9(16)6-14-12/h2-5,9,12,14,16H,6H2,1H3. The number of fused-ring (bicyclic) bond motifs is 3. The molecule has 2 unspecified atom stereocenters. The quantitative estimate of drug-likeness (QED) is 0.812. The van der Waals surface area contributed by atoms with Crippen LogP contribution >= 0.6 is 11.3 Å². The molecule has 1 aliphatic heterocycles. The van der Waals surface area contributed by atoms with Gasteiger partial charge in [0.25, 0.3) is 0 Å². The lowest BCUT2D eigenvalue weighted by atomic mass is 9.94. The smallest absolute Gasteiger partial charge is 0.151 e. The molecule has 0 spiro atoms. The number of rotatable bonds is 1. The van der Waals surface area contributed by atoms with Gasteiger partial charge in [-0.05, 0) is 18.4 Å². The van der Waals surface area contributed by atoms with Crippen molar-refractivity contribution in [2.24, 2.45) is 0 Å². The summed E-state index contributed by atoms with van der Waals surface area (Å²) in [6.45, 7) is 2.04. The van der Waals surface area contributed by atoms with Gasteiger partial charge >= 0.3 is 0 Å². The monoisotopic (exact) mass is 247 g/mol. The van der Waals surface area contributed by atoms with Gasteiger partial charge in [0, 0.05) is 21.7 Å². The fourth-order valence-electron chi connectivity index (χ4n) is 2.40. The molecule has 0 amide bonds. The first-order chi connectivity index (χ1) is 8.18. The summed E-state index contributed by atoms with van der Waals surface area (Å²) in [4.78, 5) is 12.6. The highest BCUT2D eigenvalue weighted by Crippen LogP contribution is 2.41. The van der Waals surface area contributed by atoms with E-state index >= 15 is 0 Å². The van der Waals surface area contributed by atoms with Crippen LogP contribution in [0.4, 0.5) is 0 Å². The normalized spacial score (nSPS) is 23.6. The Morgan fingerprint density at radius 1 is 1.47 bits per heavy atom. The summed E-state index contributed by atoms with van der Waals surface area (Å²) in [5, 5.41) is 14.2. The van der Waals surface area contributed by atoms with E-state index in [1.54, 1.807) is 18.3 Å². The minimum Gasteiger partial charge on any atom is -0.386 e. The molecule has 0 saturated carbocycles. The summed E-state index contributed by atoms with van der Waals surface area (Å²) < 4.78 is 1.13. The first-order valence-electron chi connectivity index (χ1n) is 5.61. The topological polar surface area (TPSA) is 49.3 Å². The van der Waals surface area contributed by atoms with Crippen LogP contribution in [0.3, 0.4) is 0 Å². The molecule has 1 aliphatic rings. The summed E-state index contributed by atoms with van der Waals surface area (Å²) in [7, 11) is 0. The van der Waals surface area contributed by atoms with E-state index in [1.807, 2.05) is 24.3 Å². The number of β-amino-alcohol motifs (C(OH)–C–C–N with tert-alkyl or cyclic N) is 1. The van der Waals surface area contributed by atoms with E-state index in [9.17, 15) is 9.90 Å². The summed E-state index contributed by atoms with van der Waals surface area (Å²) in [6, 6.07) is 7.72. The number of aliphatic hydroxyl groups excluding tert-OH is 1.